The second-order valence-corrected chi connectivity index (χ2v) is 6.46. The lowest BCUT2D eigenvalue weighted by Crippen LogP contribution is -2.55. The molecule has 3 N–H and O–H groups in total. The Morgan fingerprint density at radius 2 is 1.81 bits per heavy atom. The molecule has 1 aliphatic rings. The zero-order chi connectivity index (χ0) is 15.3. The van der Waals surface area contributed by atoms with Crippen LogP contribution in [0.3, 0.4) is 0 Å². The molecule has 1 saturated carbocycles. The summed E-state index contributed by atoms with van der Waals surface area (Å²) in [5.74, 6) is 1.22. The van der Waals surface area contributed by atoms with Crippen molar-refractivity contribution in [1.29, 1.82) is 0 Å². The highest BCUT2D eigenvalue weighted by Crippen LogP contribution is 2.37. The summed E-state index contributed by atoms with van der Waals surface area (Å²) in [5.41, 5.74) is 7.61. The van der Waals surface area contributed by atoms with Crippen LogP contribution in [0.2, 0.25) is 0 Å². The Labute approximate surface area is 129 Å². The van der Waals surface area contributed by atoms with Gasteiger partial charge in [-0.05, 0) is 55.8 Å². The van der Waals surface area contributed by atoms with Gasteiger partial charge in [-0.1, -0.05) is 32.4 Å². The first-order chi connectivity index (χ1) is 10.1. The van der Waals surface area contributed by atoms with Gasteiger partial charge in [-0.25, -0.2) is 0 Å². The fraction of sp³-hybridized carbons (Fsp3) is 0.667. The molecule has 0 radical (unpaired) electrons. The van der Waals surface area contributed by atoms with Crippen molar-refractivity contribution in [1.82, 2.24) is 4.90 Å². The number of nitrogens with zero attached hydrogens (tertiary/aromatic N) is 1. The second kappa shape index (κ2) is 7.28. The summed E-state index contributed by atoms with van der Waals surface area (Å²) in [4.78, 5) is 2.55. The Kier molecular flexibility index (Phi) is 5.65. The molecule has 0 atom stereocenters. The number of nitrogens with two attached hydrogens (primary N) is 1. The standard InChI is InChI=1S/C18H30N2O/c1-3-15-9-11-18(14-19,12-10-15)20(4-2)13-16-5-7-17(21)8-6-16/h5-8,15,21H,3-4,9-14,19H2,1-2H3. The van der Waals surface area contributed by atoms with Gasteiger partial charge in [-0.3, -0.25) is 4.90 Å². The molecule has 0 spiro atoms. The SMILES string of the molecule is CCC1CCC(CN)(N(CC)Cc2ccc(O)cc2)CC1. The van der Waals surface area contributed by atoms with E-state index in [4.69, 9.17) is 5.73 Å². The van der Waals surface area contributed by atoms with E-state index in [0.29, 0.717) is 5.75 Å². The Morgan fingerprint density at radius 3 is 2.29 bits per heavy atom. The number of likely N-dealkylation sites (N-methyl/N-ethyl adjacent to an activating group) is 1. The highest BCUT2D eigenvalue weighted by atomic mass is 16.3. The van der Waals surface area contributed by atoms with Gasteiger partial charge in [-0.2, -0.15) is 0 Å². The molecule has 0 heterocycles. The zero-order valence-corrected chi connectivity index (χ0v) is 13.5. The molecule has 1 fully saturated rings. The van der Waals surface area contributed by atoms with Crippen LogP contribution in [-0.2, 0) is 6.54 Å². The monoisotopic (exact) mass is 290 g/mol. The van der Waals surface area contributed by atoms with Crippen molar-refractivity contribution < 1.29 is 5.11 Å². The molecule has 0 saturated heterocycles. The molecule has 0 aliphatic heterocycles. The van der Waals surface area contributed by atoms with Crippen LogP contribution < -0.4 is 5.73 Å². The Bertz CT molecular complexity index is 421. The van der Waals surface area contributed by atoms with Crippen LogP contribution in [0, 0.1) is 5.92 Å². The van der Waals surface area contributed by atoms with Crippen molar-refractivity contribution in [3.8, 4) is 5.75 Å². The van der Waals surface area contributed by atoms with Gasteiger partial charge in [0.25, 0.3) is 0 Å². The molecule has 0 unspecified atom stereocenters. The largest absolute Gasteiger partial charge is 0.508 e. The van der Waals surface area contributed by atoms with Crippen molar-refractivity contribution in [2.24, 2.45) is 11.7 Å². The summed E-state index contributed by atoms with van der Waals surface area (Å²) in [6, 6.07) is 7.57. The van der Waals surface area contributed by atoms with Gasteiger partial charge in [0, 0.05) is 18.6 Å². The summed E-state index contributed by atoms with van der Waals surface area (Å²) in [5, 5.41) is 9.42. The molecule has 1 aromatic rings. The van der Waals surface area contributed by atoms with Gasteiger partial charge >= 0.3 is 0 Å². The third kappa shape index (κ3) is 3.78. The molecule has 118 valence electrons. The molecule has 3 nitrogen and oxygen atoms in total. The summed E-state index contributed by atoms with van der Waals surface area (Å²) in [7, 11) is 0. The van der Waals surface area contributed by atoms with E-state index >= 15 is 0 Å². The summed E-state index contributed by atoms with van der Waals surface area (Å²) in [6.07, 6.45) is 6.34. The third-order valence-electron chi connectivity index (χ3n) is 5.36. The first-order valence-corrected chi connectivity index (χ1v) is 8.36. The van der Waals surface area contributed by atoms with Crippen molar-refractivity contribution in [3.05, 3.63) is 29.8 Å². The van der Waals surface area contributed by atoms with Crippen molar-refractivity contribution in [3.63, 3.8) is 0 Å². The Morgan fingerprint density at radius 1 is 1.19 bits per heavy atom. The molecule has 1 aromatic carbocycles. The lowest BCUT2D eigenvalue weighted by atomic mass is 9.74. The summed E-state index contributed by atoms with van der Waals surface area (Å²) < 4.78 is 0. The molecule has 0 amide bonds. The van der Waals surface area contributed by atoms with Crippen LogP contribution >= 0.6 is 0 Å². The molecule has 0 aromatic heterocycles. The minimum absolute atomic E-state index is 0.165. The number of rotatable bonds is 6. The first kappa shape index (κ1) is 16.3. The predicted octanol–water partition coefficient (Wildman–Crippen LogP) is 3.51. The third-order valence-corrected chi connectivity index (χ3v) is 5.36. The second-order valence-electron chi connectivity index (χ2n) is 6.46. The van der Waals surface area contributed by atoms with Crippen LogP contribution in [0.25, 0.3) is 0 Å². The first-order valence-electron chi connectivity index (χ1n) is 8.36. The topological polar surface area (TPSA) is 49.5 Å². The molecular formula is C18H30N2O. The maximum atomic E-state index is 9.42. The van der Waals surface area contributed by atoms with Crippen molar-refractivity contribution in [2.75, 3.05) is 13.1 Å². The van der Waals surface area contributed by atoms with Crippen molar-refractivity contribution >= 4 is 0 Å². The lowest BCUT2D eigenvalue weighted by molar-refractivity contribution is 0.0392. The average molecular weight is 290 g/mol. The van der Waals surface area contributed by atoms with Gasteiger partial charge in [0.15, 0.2) is 0 Å². The maximum Gasteiger partial charge on any atom is 0.115 e. The summed E-state index contributed by atoms with van der Waals surface area (Å²) >= 11 is 0. The molecule has 1 aliphatic carbocycles. The highest BCUT2D eigenvalue weighted by molar-refractivity contribution is 5.26. The van der Waals surface area contributed by atoms with Crippen molar-refractivity contribution in [2.45, 2.75) is 58.0 Å². The van der Waals surface area contributed by atoms with E-state index in [9.17, 15) is 5.11 Å². The molecule has 0 bridgehead atoms. The predicted molar refractivity (Wildman–Crippen MR) is 88.2 cm³/mol. The van der Waals surface area contributed by atoms with E-state index in [1.165, 1.54) is 37.7 Å². The molecule has 2 rings (SSSR count). The van der Waals surface area contributed by atoms with Gasteiger partial charge in [0.05, 0.1) is 0 Å². The number of phenols is 1. The van der Waals surface area contributed by atoms with Crippen LogP contribution in [0.15, 0.2) is 24.3 Å². The number of hydrogen-bond donors (Lipinski definition) is 2. The lowest BCUT2D eigenvalue weighted by Gasteiger charge is -2.47. The normalized spacial score (nSPS) is 26.2. The highest BCUT2D eigenvalue weighted by Gasteiger charge is 2.38. The number of hydrogen-bond acceptors (Lipinski definition) is 3. The van der Waals surface area contributed by atoms with E-state index in [-0.39, 0.29) is 5.54 Å². The van der Waals surface area contributed by atoms with Gasteiger partial charge in [0.2, 0.25) is 0 Å². The molecule has 21 heavy (non-hydrogen) atoms. The number of phenolic OH excluding ortho intramolecular Hbond substituents is 1. The van der Waals surface area contributed by atoms with E-state index in [0.717, 1.165) is 25.6 Å². The minimum atomic E-state index is 0.165. The van der Waals surface area contributed by atoms with Crippen LogP contribution in [0.1, 0.15) is 51.5 Å². The number of aromatic hydroxyl groups is 1. The fourth-order valence-electron chi connectivity index (χ4n) is 3.71. The zero-order valence-electron chi connectivity index (χ0n) is 13.5. The van der Waals surface area contributed by atoms with E-state index in [1.807, 2.05) is 12.1 Å². The maximum absolute atomic E-state index is 9.42. The molecule has 3 heteroatoms. The van der Waals surface area contributed by atoms with Crippen LogP contribution in [0.5, 0.6) is 5.75 Å². The quantitative estimate of drug-likeness (QED) is 0.843. The van der Waals surface area contributed by atoms with E-state index < -0.39 is 0 Å². The average Bonchev–Trinajstić information content (AvgIpc) is 2.54. The van der Waals surface area contributed by atoms with Gasteiger partial charge in [-0.15, -0.1) is 0 Å². The minimum Gasteiger partial charge on any atom is -0.508 e. The van der Waals surface area contributed by atoms with E-state index in [1.54, 1.807) is 12.1 Å². The van der Waals surface area contributed by atoms with Gasteiger partial charge < -0.3 is 10.8 Å². The Balaban J connectivity index is 2.08. The van der Waals surface area contributed by atoms with Crippen LogP contribution in [0.4, 0.5) is 0 Å². The van der Waals surface area contributed by atoms with Crippen LogP contribution in [-0.4, -0.2) is 28.6 Å². The Hall–Kier alpha value is -1.06. The fourth-order valence-corrected chi connectivity index (χ4v) is 3.71. The number of benzene rings is 1. The molecular weight excluding hydrogens is 260 g/mol. The van der Waals surface area contributed by atoms with E-state index in [2.05, 4.69) is 18.7 Å². The van der Waals surface area contributed by atoms with Gasteiger partial charge in [0.1, 0.15) is 5.75 Å². The summed E-state index contributed by atoms with van der Waals surface area (Å²) in [6.45, 7) is 7.22. The smallest absolute Gasteiger partial charge is 0.115 e.